The Morgan fingerprint density at radius 3 is 2.68 bits per heavy atom. The molecule has 8 heteroatoms. The Morgan fingerprint density at radius 1 is 1.14 bits per heavy atom. The summed E-state index contributed by atoms with van der Waals surface area (Å²) in [6, 6.07) is 11.1. The van der Waals surface area contributed by atoms with Crippen molar-refractivity contribution in [3.63, 3.8) is 0 Å². The number of methoxy groups -OCH3 is 1. The number of piperidine rings is 1. The summed E-state index contributed by atoms with van der Waals surface area (Å²) in [5, 5.41) is 11.1. The number of likely N-dealkylation sites (tertiary alicyclic amines) is 1. The number of fused-ring (bicyclic) bond motifs is 1. The third-order valence-electron chi connectivity index (χ3n) is 7.05. The van der Waals surface area contributed by atoms with Gasteiger partial charge >= 0.3 is 0 Å². The Balaban J connectivity index is 1.39. The summed E-state index contributed by atoms with van der Waals surface area (Å²) in [4.78, 5) is 12.0. The number of ether oxygens (including phenoxy) is 1. The first-order chi connectivity index (χ1) is 18.0. The summed E-state index contributed by atoms with van der Waals surface area (Å²) in [6.07, 6.45) is 4.49. The van der Waals surface area contributed by atoms with Gasteiger partial charge in [0.15, 0.2) is 0 Å². The van der Waals surface area contributed by atoms with Gasteiger partial charge in [-0.25, -0.2) is 8.78 Å². The Labute approximate surface area is 216 Å². The lowest BCUT2D eigenvalue weighted by molar-refractivity contribution is 0.0444. The van der Waals surface area contributed by atoms with E-state index in [9.17, 15) is 13.9 Å². The van der Waals surface area contributed by atoms with Crippen molar-refractivity contribution in [2.24, 2.45) is 11.8 Å². The van der Waals surface area contributed by atoms with E-state index in [0.717, 1.165) is 60.6 Å². The molecule has 1 aromatic heterocycles. The van der Waals surface area contributed by atoms with Gasteiger partial charge in [0.05, 0.1) is 32.3 Å². The van der Waals surface area contributed by atoms with Gasteiger partial charge in [0.1, 0.15) is 17.4 Å². The number of hydrogen-bond acceptors (Lipinski definition) is 6. The number of hydrogen-bond donors (Lipinski definition) is 2. The van der Waals surface area contributed by atoms with Crippen molar-refractivity contribution in [3.8, 4) is 17.6 Å². The van der Waals surface area contributed by atoms with Crippen molar-refractivity contribution in [3.05, 3.63) is 71.4 Å². The molecule has 0 aliphatic carbocycles. The van der Waals surface area contributed by atoms with Crippen molar-refractivity contribution >= 4 is 10.9 Å². The predicted octanol–water partition coefficient (Wildman–Crippen LogP) is 4.48. The van der Waals surface area contributed by atoms with E-state index in [1.807, 2.05) is 30.5 Å². The van der Waals surface area contributed by atoms with E-state index < -0.39 is 11.6 Å². The summed E-state index contributed by atoms with van der Waals surface area (Å²) in [5.41, 5.74) is 5.46. The lowest BCUT2D eigenvalue weighted by Gasteiger charge is -2.37. The van der Waals surface area contributed by atoms with Crippen molar-refractivity contribution in [2.45, 2.75) is 25.3 Å². The highest BCUT2D eigenvalue weighted by molar-refractivity contribution is 5.84. The molecule has 0 amide bonds. The number of aliphatic hydroxyl groups excluding tert-OH is 1. The molecule has 0 spiro atoms. The minimum atomic E-state index is -0.634. The van der Waals surface area contributed by atoms with Gasteiger partial charge in [-0.15, -0.1) is 0 Å². The van der Waals surface area contributed by atoms with E-state index >= 15 is 0 Å². The molecule has 0 bridgehead atoms. The van der Waals surface area contributed by atoms with E-state index in [4.69, 9.17) is 9.57 Å². The van der Waals surface area contributed by atoms with Crippen LogP contribution in [-0.2, 0) is 4.84 Å². The Kier molecular flexibility index (Phi) is 9.42. The Bertz CT molecular complexity index is 1240. The standard InChI is InChI=1S/C29H33F2N3O3/c1-36-25-6-8-28-27(17-25)26(9-11-32-28)29(33-37-2)7-5-21-10-13-34(18-22(21)19-35)12-3-4-20-14-23(30)16-24(31)15-20/h6,8-9,11,14-17,21-22,29,33,35H,5,7,10,12-13,18-19H2,1-2H3/t21-,22-,29?/m1/s1. The molecule has 0 saturated carbocycles. The highest BCUT2D eigenvalue weighted by Gasteiger charge is 2.29. The zero-order valence-corrected chi connectivity index (χ0v) is 21.2. The van der Waals surface area contributed by atoms with Gasteiger partial charge < -0.3 is 14.7 Å². The van der Waals surface area contributed by atoms with Crippen molar-refractivity contribution < 1.29 is 23.5 Å². The summed E-state index contributed by atoms with van der Waals surface area (Å²) < 4.78 is 32.2. The molecule has 1 unspecified atom stereocenters. The second kappa shape index (κ2) is 12.9. The van der Waals surface area contributed by atoms with Gasteiger partial charge in [-0.05, 0) is 79.6 Å². The van der Waals surface area contributed by atoms with Gasteiger partial charge in [-0.3, -0.25) is 9.88 Å². The van der Waals surface area contributed by atoms with E-state index in [-0.39, 0.29) is 18.6 Å². The fraction of sp³-hybridized carbons (Fsp3) is 0.414. The zero-order valence-electron chi connectivity index (χ0n) is 21.2. The molecule has 6 nitrogen and oxygen atoms in total. The monoisotopic (exact) mass is 509 g/mol. The molecule has 4 rings (SSSR count). The molecule has 1 saturated heterocycles. The molecule has 3 atom stereocenters. The highest BCUT2D eigenvalue weighted by Crippen LogP contribution is 2.33. The molecule has 1 aliphatic rings. The van der Waals surface area contributed by atoms with Crippen molar-refractivity contribution in [2.75, 3.05) is 40.5 Å². The summed E-state index contributed by atoms with van der Waals surface area (Å²) in [6.45, 7) is 2.16. The number of nitrogens with one attached hydrogen (secondary N) is 1. The van der Waals surface area contributed by atoms with Crippen LogP contribution in [0.25, 0.3) is 10.9 Å². The van der Waals surface area contributed by atoms with E-state index in [1.54, 1.807) is 14.2 Å². The van der Waals surface area contributed by atoms with Crippen LogP contribution in [0.3, 0.4) is 0 Å². The van der Waals surface area contributed by atoms with Crippen LogP contribution in [0.1, 0.15) is 36.4 Å². The van der Waals surface area contributed by atoms with Gasteiger partial charge in [0.2, 0.25) is 0 Å². The van der Waals surface area contributed by atoms with Gasteiger partial charge in [-0.1, -0.05) is 11.8 Å². The maximum atomic E-state index is 13.4. The number of pyridine rings is 1. The van der Waals surface area contributed by atoms with Gasteiger partial charge in [0.25, 0.3) is 0 Å². The van der Waals surface area contributed by atoms with Crippen LogP contribution in [0, 0.1) is 35.3 Å². The molecule has 196 valence electrons. The number of nitrogens with zero attached hydrogens (tertiary/aromatic N) is 2. The predicted molar refractivity (Wildman–Crippen MR) is 139 cm³/mol. The number of hydroxylamine groups is 1. The lowest BCUT2D eigenvalue weighted by atomic mass is 9.81. The maximum absolute atomic E-state index is 13.4. The second-order valence-corrected chi connectivity index (χ2v) is 9.42. The fourth-order valence-corrected chi connectivity index (χ4v) is 5.14. The van der Waals surface area contributed by atoms with Crippen LogP contribution in [0.15, 0.2) is 48.7 Å². The normalized spacial score (nSPS) is 18.8. The van der Waals surface area contributed by atoms with E-state index in [0.29, 0.717) is 18.0 Å². The molecule has 37 heavy (non-hydrogen) atoms. The van der Waals surface area contributed by atoms with Crippen molar-refractivity contribution in [1.82, 2.24) is 15.4 Å². The molecule has 1 aliphatic heterocycles. The minimum absolute atomic E-state index is 0.0440. The number of rotatable bonds is 9. The molecule has 1 fully saturated rings. The first-order valence-electron chi connectivity index (χ1n) is 12.5. The smallest absolute Gasteiger partial charge is 0.127 e. The molecule has 3 aromatic rings. The molecule has 0 radical (unpaired) electrons. The van der Waals surface area contributed by atoms with Crippen LogP contribution >= 0.6 is 0 Å². The number of benzene rings is 2. The SMILES string of the molecule is CONC(CC[C@@H]1CCN(CC#Cc2cc(F)cc(F)c2)C[C@@H]1CO)c1ccnc2ccc(OC)cc12. The number of aliphatic hydroxyl groups is 1. The topological polar surface area (TPSA) is 66.9 Å². The van der Waals surface area contributed by atoms with Crippen LogP contribution in [0.2, 0.25) is 0 Å². The molecular weight excluding hydrogens is 476 g/mol. The van der Waals surface area contributed by atoms with Gasteiger partial charge in [0, 0.05) is 36.4 Å². The summed E-state index contributed by atoms with van der Waals surface area (Å²) in [7, 11) is 3.27. The quantitative estimate of drug-likeness (QED) is 0.328. The average Bonchev–Trinajstić information content (AvgIpc) is 2.90. The molecule has 2 aromatic carbocycles. The average molecular weight is 510 g/mol. The van der Waals surface area contributed by atoms with E-state index in [1.165, 1.54) is 12.1 Å². The lowest BCUT2D eigenvalue weighted by Crippen LogP contribution is -2.42. The van der Waals surface area contributed by atoms with Gasteiger partial charge in [-0.2, -0.15) is 5.48 Å². The second-order valence-electron chi connectivity index (χ2n) is 9.42. The van der Waals surface area contributed by atoms with Crippen LogP contribution < -0.4 is 10.2 Å². The molecular formula is C29H33F2N3O3. The van der Waals surface area contributed by atoms with Crippen LogP contribution in [-0.4, -0.2) is 55.5 Å². The first-order valence-corrected chi connectivity index (χ1v) is 12.5. The largest absolute Gasteiger partial charge is 0.497 e. The number of halogens is 2. The highest BCUT2D eigenvalue weighted by atomic mass is 19.1. The maximum Gasteiger partial charge on any atom is 0.127 e. The third kappa shape index (κ3) is 7.02. The third-order valence-corrected chi connectivity index (χ3v) is 7.05. The Morgan fingerprint density at radius 2 is 1.95 bits per heavy atom. The number of aromatic nitrogens is 1. The first kappa shape index (κ1) is 27.0. The minimum Gasteiger partial charge on any atom is -0.497 e. The fourth-order valence-electron chi connectivity index (χ4n) is 5.14. The van der Waals surface area contributed by atoms with Crippen LogP contribution in [0.4, 0.5) is 8.78 Å². The Hall–Kier alpha value is -3.09. The van der Waals surface area contributed by atoms with Crippen molar-refractivity contribution in [1.29, 1.82) is 0 Å². The summed E-state index contributed by atoms with van der Waals surface area (Å²) >= 11 is 0. The molecule has 2 N–H and O–H groups in total. The summed E-state index contributed by atoms with van der Waals surface area (Å²) in [5.74, 6) is 5.85. The molecule has 2 heterocycles. The van der Waals surface area contributed by atoms with Crippen LogP contribution in [0.5, 0.6) is 5.75 Å². The van der Waals surface area contributed by atoms with E-state index in [2.05, 4.69) is 27.2 Å². The zero-order chi connectivity index (χ0) is 26.2.